The van der Waals surface area contributed by atoms with Crippen LogP contribution in [0.1, 0.15) is 41.4 Å². The van der Waals surface area contributed by atoms with Crippen LogP contribution in [-0.2, 0) is 6.42 Å². The average molecular weight is 252 g/mol. The van der Waals surface area contributed by atoms with Crippen LogP contribution in [0.2, 0.25) is 0 Å². The highest BCUT2D eigenvalue weighted by Gasteiger charge is 2.19. The third-order valence-corrected chi connectivity index (χ3v) is 3.94. The minimum atomic E-state index is 0.0864. The van der Waals surface area contributed by atoms with Crippen molar-refractivity contribution in [3.05, 3.63) is 21.9 Å². The van der Waals surface area contributed by atoms with Crippen LogP contribution in [0.4, 0.5) is 0 Å². The first-order valence-electron chi connectivity index (χ1n) is 6.39. The monoisotopic (exact) mass is 252 g/mol. The van der Waals surface area contributed by atoms with Crippen LogP contribution in [0, 0.1) is 0 Å². The Labute approximate surface area is 107 Å². The molecule has 3 nitrogen and oxygen atoms in total. The SMILES string of the molecule is CCc1ccsc1C(=O)NCCCNC1CC1. The number of nitrogens with one attached hydrogen (secondary N) is 2. The van der Waals surface area contributed by atoms with Crippen molar-refractivity contribution >= 4 is 17.2 Å². The van der Waals surface area contributed by atoms with E-state index < -0.39 is 0 Å². The van der Waals surface area contributed by atoms with E-state index in [2.05, 4.69) is 17.6 Å². The third kappa shape index (κ3) is 3.82. The van der Waals surface area contributed by atoms with E-state index in [1.54, 1.807) is 0 Å². The van der Waals surface area contributed by atoms with E-state index in [0.29, 0.717) is 0 Å². The lowest BCUT2D eigenvalue weighted by atomic mass is 10.2. The molecule has 1 aliphatic carbocycles. The predicted octanol–water partition coefficient (Wildman–Crippen LogP) is 2.18. The fourth-order valence-corrected chi connectivity index (χ4v) is 2.69. The highest BCUT2D eigenvalue weighted by Crippen LogP contribution is 2.18. The zero-order chi connectivity index (χ0) is 12.1. The van der Waals surface area contributed by atoms with Crippen molar-refractivity contribution < 1.29 is 4.79 Å². The molecule has 94 valence electrons. The van der Waals surface area contributed by atoms with Gasteiger partial charge in [-0.1, -0.05) is 6.92 Å². The number of carbonyl (C=O) groups is 1. The van der Waals surface area contributed by atoms with E-state index in [9.17, 15) is 4.79 Å². The van der Waals surface area contributed by atoms with Crippen molar-refractivity contribution in [1.82, 2.24) is 10.6 Å². The quantitative estimate of drug-likeness (QED) is 0.730. The molecular weight excluding hydrogens is 232 g/mol. The van der Waals surface area contributed by atoms with Gasteiger partial charge in [0.1, 0.15) is 0 Å². The van der Waals surface area contributed by atoms with E-state index in [0.717, 1.165) is 42.4 Å². The van der Waals surface area contributed by atoms with Gasteiger partial charge in [-0.15, -0.1) is 11.3 Å². The first-order valence-corrected chi connectivity index (χ1v) is 7.27. The largest absolute Gasteiger partial charge is 0.351 e. The second kappa shape index (κ2) is 6.17. The third-order valence-electron chi connectivity index (χ3n) is 2.98. The van der Waals surface area contributed by atoms with Gasteiger partial charge in [-0.2, -0.15) is 0 Å². The fourth-order valence-electron chi connectivity index (χ4n) is 1.78. The smallest absolute Gasteiger partial charge is 0.261 e. The molecule has 2 rings (SSSR count). The summed E-state index contributed by atoms with van der Waals surface area (Å²) >= 11 is 1.53. The lowest BCUT2D eigenvalue weighted by molar-refractivity contribution is 0.0956. The van der Waals surface area contributed by atoms with E-state index >= 15 is 0 Å². The van der Waals surface area contributed by atoms with E-state index in [4.69, 9.17) is 0 Å². The van der Waals surface area contributed by atoms with Gasteiger partial charge in [-0.05, 0) is 49.2 Å². The molecule has 4 heteroatoms. The molecule has 0 unspecified atom stereocenters. The van der Waals surface area contributed by atoms with Gasteiger partial charge in [-0.3, -0.25) is 4.79 Å². The Kier molecular flexibility index (Phi) is 4.57. The summed E-state index contributed by atoms with van der Waals surface area (Å²) < 4.78 is 0. The van der Waals surface area contributed by atoms with Gasteiger partial charge < -0.3 is 10.6 Å². The van der Waals surface area contributed by atoms with Crippen molar-refractivity contribution in [2.45, 2.75) is 38.6 Å². The molecule has 0 spiro atoms. The Morgan fingerprint density at radius 3 is 3.00 bits per heavy atom. The van der Waals surface area contributed by atoms with Gasteiger partial charge in [0, 0.05) is 12.6 Å². The normalized spacial score (nSPS) is 14.9. The van der Waals surface area contributed by atoms with Crippen LogP contribution in [0.5, 0.6) is 0 Å². The molecule has 0 aliphatic heterocycles. The molecule has 0 aromatic carbocycles. The molecule has 0 bridgehead atoms. The number of hydrogen-bond donors (Lipinski definition) is 2. The molecule has 1 aromatic heterocycles. The van der Waals surface area contributed by atoms with E-state index in [-0.39, 0.29) is 5.91 Å². The average Bonchev–Trinajstić information content (AvgIpc) is 3.03. The van der Waals surface area contributed by atoms with Crippen LogP contribution >= 0.6 is 11.3 Å². The lowest BCUT2D eigenvalue weighted by Crippen LogP contribution is -2.27. The maximum absolute atomic E-state index is 11.9. The summed E-state index contributed by atoms with van der Waals surface area (Å²) in [5.41, 5.74) is 1.16. The van der Waals surface area contributed by atoms with Crippen molar-refractivity contribution in [3.63, 3.8) is 0 Å². The Balaban J connectivity index is 1.65. The highest BCUT2D eigenvalue weighted by molar-refractivity contribution is 7.12. The molecule has 0 atom stereocenters. The second-order valence-corrected chi connectivity index (χ2v) is 5.38. The van der Waals surface area contributed by atoms with Crippen molar-refractivity contribution in [3.8, 4) is 0 Å². The van der Waals surface area contributed by atoms with E-state index in [1.807, 2.05) is 11.4 Å². The Morgan fingerprint density at radius 1 is 1.47 bits per heavy atom. The minimum absolute atomic E-state index is 0.0864. The molecule has 1 aliphatic rings. The summed E-state index contributed by atoms with van der Waals surface area (Å²) in [4.78, 5) is 12.8. The number of aryl methyl sites for hydroxylation is 1. The number of rotatable bonds is 7. The molecule has 0 saturated heterocycles. The summed E-state index contributed by atoms with van der Waals surface area (Å²) in [6, 6.07) is 2.79. The van der Waals surface area contributed by atoms with Gasteiger partial charge >= 0.3 is 0 Å². The predicted molar refractivity (Wildman–Crippen MR) is 71.7 cm³/mol. The molecule has 1 amide bonds. The summed E-state index contributed by atoms with van der Waals surface area (Å²) in [6.45, 7) is 3.86. The topological polar surface area (TPSA) is 41.1 Å². The van der Waals surface area contributed by atoms with Crippen molar-refractivity contribution in [2.24, 2.45) is 0 Å². The molecule has 1 heterocycles. The molecule has 1 fully saturated rings. The van der Waals surface area contributed by atoms with Gasteiger partial charge in [0.2, 0.25) is 0 Å². The van der Waals surface area contributed by atoms with Gasteiger partial charge in [0.05, 0.1) is 4.88 Å². The number of carbonyl (C=O) groups excluding carboxylic acids is 1. The first-order chi connectivity index (χ1) is 8.31. The lowest BCUT2D eigenvalue weighted by Gasteiger charge is -2.05. The maximum atomic E-state index is 11.9. The number of thiophene rings is 1. The van der Waals surface area contributed by atoms with Crippen LogP contribution in [0.3, 0.4) is 0 Å². The summed E-state index contributed by atoms with van der Waals surface area (Å²) in [6.07, 6.45) is 4.58. The number of hydrogen-bond acceptors (Lipinski definition) is 3. The Bertz CT molecular complexity index is 371. The van der Waals surface area contributed by atoms with Crippen molar-refractivity contribution in [1.29, 1.82) is 0 Å². The molecule has 17 heavy (non-hydrogen) atoms. The van der Waals surface area contributed by atoms with Gasteiger partial charge in [0.15, 0.2) is 0 Å². The summed E-state index contributed by atoms with van der Waals surface area (Å²) in [7, 11) is 0. The van der Waals surface area contributed by atoms with Gasteiger partial charge in [0.25, 0.3) is 5.91 Å². The highest BCUT2D eigenvalue weighted by atomic mass is 32.1. The maximum Gasteiger partial charge on any atom is 0.261 e. The second-order valence-electron chi connectivity index (χ2n) is 4.47. The molecule has 1 saturated carbocycles. The zero-order valence-corrected chi connectivity index (χ0v) is 11.1. The first kappa shape index (κ1) is 12.6. The van der Waals surface area contributed by atoms with Crippen LogP contribution in [0.15, 0.2) is 11.4 Å². The minimum Gasteiger partial charge on any atom is -0.351 e. The summed E-state index contributed by atoms with van der Waals surface area (Å²) in [5, 5.41) is 8.41. The fraction of sp³-hybridized carbons (Fsp3) is 0.615. The van der Waals surface area contributed by atoms with Crippen molar-refractivity contribution in [2.75, 3.05) is 13.1 Å². The molecule has 2 N–H and O–H groups in total. The molecule has 0 radical (unpaired) electrons. The standard InChI is InChI=1S/C13H20N2OS/c1-2-10-6-9-17-12(10)13(16)15-8-3-7-14-11-4-5-11/h6,9,11,14H,2-5,7-8H2,1H3,(H,15,16). The Hall–Kier alpha value is -0.870. The zero-order valence-electron chi connectivity index (χ0n) is 10.3. The van der Waals surface area contributed by atoms with E-state index in [1.165, 1.54) is 24.2 Å². The number of amides is 1. The van der Waals surface area contributed by atoms with Crippen LogP contribution in [0.25, 0.3) is 0 Å². The van der Waals surface area contributed by atoms with Crippen LogP contribution < -0.4 is 10.6 Å². The van der Waals surface area contributed by atoms with Crippen LogP contribution in [-0.4, -0.2) is 25.0 Å². The molecular formula is C13H20N2OS. The Morgan fingerprint density at radius 2 is 2.29 bits per heavy atom. The molecule has 1 aromatic rings. The summed E-state index contributed by atoms with van der Waals surface area (Å²) in [5.74, 6) is 0.0864. The van der Waals surface area contributed by atoms with Gasteiger partial charge in [-0.25, -0.2) is 0 Å².